The summed E-state index contributed by atoms with van der Waals surface area (Å²) >= 11 is 0. The number of aromatic nitrogens is 2. The maximum atomic E-state index is 13.4. The largest absolute Gasteiger partial charge is 0.488 e. The second kappa shape index (κ2) is 7.68. The number of H-pyrrole nitrogens is 1. The molecule has 0 aliphatic heterocycles. The van der Waals surface area contributed by atoms with Crippen LogP contribution in [0.25, 0.3) is 0 Å². The number of nitrogens with zero attached hydrogens (tertiary/aromatic N) is 2. The van der Waals surface area contributed by atoms with Crippen molar-refractivity contribution >= 4 is 5.69 Å². The van der Waals surface area contributed by atoms with Crippen molar-refractivity contribution in [1.29, 1.82) is 0 Å². The van der Waals surface area contributed by atoms with Gasteiger partial charge in [-0.1, -0.05) is 0 Å². The monoisotopic (exact) mass is 355 g/mol. The van der Waals surface area contributed by atoms with Crippen LogP contribution in [0.1, 0.15) is 11.8 Å². The Morgan fingerprint density at radius 2 is 2.16 bits per heavy atom. The fourth-order valence-electron chi connectivity index (χ4n) is 2.04. The Bertz CT molecular complexity index is 893. The molecular formula is C14H14FN3O7. The lowest BCUT2D eigenvalue weighted by atomic mass is 10.2. The van der Waals surface area contributed by atoms with Crippen LogP contribution >= 0.6 is 0 Å². The normalized spacial score (nSPS) is 12.0. The molecule has 0 saturated heterocycles. The van der Waals surface area contributed by atoms with Gasteiger partial charge in [-0.25, -0.2) is 4.79 Å². The molecule has 2 rings (SSSR count). The predicted molar refractivity (Wildman–Crippen MR) is 81.8 cm³/mol. The minimum Gasteiger partial charge on any atom is -0.488 e. The first-order valence-electron chi connectivity index (χ1n) is 6.92. The Morgan fingerprint density at radius 3 is 2.76 bits per heavy atom. The molecule has 0 spiro atoms. The third-order valence-electron chi connectivity index (χ3n) is 3.31. The minimum atomic E-state index is -1.17. The molecule has 10 nitrogen and oxygen atoms in total. The van der Waals surface area contributed by atoms with Crippen molar-refractivity contribution in [3.63, 3.8) is 0 Å². The van der Waals surface area contributed by atoms with Crippen molar-refractivity contribution in [2.45, 2.75) is 12.8 Å². The molecule has 0 aliphatic rings. The van der Waals surface area contributed by atoms with E-state index in [1.165, 1.54) is 19.2 Å². The molecule has 0 radical (unpaired) electrons. The van der Waals surface area contributed by atoms with E-state index in [1.807, 2.05) is 0 Å². The molecule has 1 atom stereocenters. The molecule has 0 saturated carbocycles. The number of rotatable bonds is 7. The van der Waals surface area contributed by atoms with Crippen molar-refractivity contribution in [3.8, 4) is 5.75 Å². The molecule has 2 aromatic rings. The number of aliphatic hydroxyl groups is 1. The number of methoxy groups -OCH3 is 1. The number of nitro groups is 1. The van der Waals surface area contributed by atoms with Crippen LogP contribution in [0.2, 0.25) is 0 Å². The summed E-state index contributed by atoms with van der Waals surface area (Å²) in [6, 6.07) is 3.61. The quantitative estimate of drug-likeness (QED) is 0.538. The number of hydrogen-bond donors (Lipinski definition) is 2. The molecule has 1 unspecified atom stereocenters. The average molecular weight is 355 g/mol. The first-order valence-corrected chi connectivity index (χ1v) is 6.92. The molecule has 2 N–H and O–H groups in total. The molecule has 0 amide bonds. The van der Waals surface area contributed by atoms with Crippen LogP contribution in [0.3, 0.4) is 0 Å². The minimum absolute atomic E-state index is 0.132. The molecular weight excluding hydrogens is 341 g/mol. The molecule has 0 aliphatic carbocycles. The fourth-order valence-corrected chi connectivity index (χ4v) is 2.04. The van der Waals surface area contributed by atoms with E-state index < -0.39 is 34.8 Å². The summed E-state index contributed by atoms with van der Waals surface area (Å²) in [5.41, 5.74) is -2.12. The number of hydrogen-bond acceptors (Lipinski definition) is 7. The molecule has 134 valence electrons. The lowest BCUT2D eigenvalue weighted by Gasteiger charge is -2.19. The lowest BCUT2D eigenvalue weighted by molar-refractivity contribution is -0.385. The van der Waals surface area contributed by atoms with E-state index in [4.69, 9.17) is 9.47 Å². The van der Waals surface area contributed by atoms with Gasteiger partial charge in [0.05, 0.1) is 17.7 Å². The van der Waals surface area contributed by atoms with Gasteiger partial charge >= 0.3 is 5.69 Å². The molecule has 1 heterocycles. The van der Waals surface area contributed by atoms with Crippen LogP contribution in [0.4, 0.5) is 10.1 Å². The Hall–Kier alpha value is -3.05. The lowest BCUT2D eigenvalue weighted by Crippen LogP contribution is -2.36. The number of aliphatic hydroxyl groups excluding tert-OH is 1. The first kappa shape index (κ1) is 18.3. The van der Waals surface area contributed by atoms with E-state index in [-0.39, 0.29) is 23.6 Å². The van der Waals surface area contributed by atoms with Crippen LogP contribution in [0.5, 0.6) is 5.75 Å². The van der Waals surface area contributed by atoms with Crippen molar-refractivity contribution in [2.75, 3.05) is 13.7 Å². The van der Waals surface area contributed by atoms with Crippen molar-refractivity contribution in [3.05, 3.63) is 66.7 Å². The van der Waals surface area contributed by atoms with E-state index in [9.17, 15) is 29.2 Å². The highest BCUT2D eigenvalue weighted by atomic mass is 19.1. The number of ether oxygens (including phenoxy) is 2. The zero-order valence-corrected chi connectivity index (χ0v) is 13.0. The second-order valence-corrected chi connectivity index (χ2v) is 4.85. The van der Waals surface area contributed by atoms with Crippen LogP contribution in [0.15, 0.2) is 34.0 Å². The first-order chi connectivity index (χ1) is 11.9. The summed E-state index contributed by atoms with van der Waals surface area (Å²) in [5.74, 6) is -1.04. The average Bonchev–Trinajstić information content (AvgIpc) is 2.59. The van der Waals surface area contributed by atoms with Crippen LogP contribution in [-0.4, -0.2) is 33.3 Å². The molecule has 25 heavy (non-hydrogen) atoms. The third kappa shape index (κ3) is 4.08. The number of halogens is 1. The van der Waals surface area contributed by atoms with Crippen LogP contribution < -0.4 is 16.0 Å². The number of non-ortho nitro benzene ring substituents is 1. The standard InChI is InChI=1S/C14H14FN3O7/c1-24-12(17-5-10(15)13(20)16-14(17)21)7-25-11-3-2-9(18(22)23)4-8(11)6-19/h2-5,12,19H,6-7H2,1H3,(H,16,20,21). The summed E-state index contributed by atoms with van der Waals surface area (Å²) in [6.07, 6.45) is -0.401. The van der Waals surface area contributed by atoms with Gasteiger partial charge in [-0.2, -0.15) is 4.39 Å². The fraction of sp³-hybridized carbons (Fsp3) is 0.286. The topological polar surface area (TPSA) is 137 Å². The Balaban J connectivity index is 2.24. The van der Waals surface area contributed by atoms with Crippen LogP contribution in [0, 0.1) is 15.9 Å². The van der Waals surface area contributed by atoms with Crippen molar-refractivity contribution in [1.82, 2.24) is 9.55 Å². The van der Waals surface area contributed by atoms with E-state index in [0.717, 1.165) is 10.6 Å². The zero-order valence-electron chi connectivity index (χ0n) is 13.0. The summed E-state index contributed by atoms with van der Waals surface area (Å²) in [5, 5.41) is 20.0. The third-order valence-corrected chi connectivity index (χ3v) is 3.31. The number of aromatic amines is 1. The molecule has 11 heteroatoms. The molecule has 1 aromatic heterocycles. The van der Waals surface area contributed by atoms with E-state index >= 15 is 0 Å². The maximum Gasteiger partial charge on any atom is 0.330 e. The van der Waals surface area contributed by atoms with Gasteiger partial charge in [0, 0.05) is 24.8 Å². The van der Waals surface area contributed by atoms with Gasteiger partial charge in [-0.3, -0.25) is 24.5 Å². The second-order valence-electron chi connectivity index (χ2n) is 4.85. The molecule has 1 aromatic carbocycles. The molecule has 0 bridgehead atoms. The van der Waals surface area contributed by atoms with Crippen molar-refractivity contribution in [2.24, 2.45) is 0 Å². The van der Waals surface area contributed by atoms with Gasteiger partial charge in [0.2, 0.25) is 5.82 Å². The Morgan fingerprint density at radius 1 is 1.44 bits per heavy atom. The van der Waals surface area contributed by atoms with Gasteiger partial charge < -0.3 is 14.6 Å². The highest BCUT2D eigenvalue weighted by Crippen LogP contribution is 2.25. The SMILES string of the molecule is COC(COc1ccc([N+](=O)[O-])cc1CO)n1cc(F)c(=O)[nH]c1=O. The Labute approximate surface area is 139 Å². The summed E-state index contributed by atoms with van der Waals surface area (Å²) in [7, 11) is 1.24. The number of benzene rings is 1. The predicted octanol–water partition coefficient (Wildman–Crippen LogP) is 0.300. The van der Waals surface area contributed by atoms with E-state index in [2.05, 4.69) is 0 Å². The van der Waals surface area contributed by atoms with Gasteiger partial charge in [0.1, 0.15) is 12.4 Å². The highest BCUT2D eigenvalue weighted by molar-refractivity contribution is 5.43. The summed E-state index contributed by atoms with van der Waals surface area (Å²) in [6.45, 7) is -0.797. The zero-order chi connectivity index (χ0) is 18.6. The summed E-state index contributed by atoms with van der Waals surface area (Å²) in [4.78, 5) is 34.7. The van der Waals surface area contributed by atoms with Gasteiger partial charge in [-0.15, -0.1) is 0 Å². The number of nitro benzene ring substituents is 1. The Kier molecular flexibility index (Phi) is 5.62. The van der Waals surface area contributed by atoms with E-state index in [1.54, 1.807) is 4.98 Å². The van der Waals surface area contributed by atoms with Gasteiger partial charge in [-0.05, 0) is 6.07 Å². The molecule has 0 fully saturated rings. The number of nitrogens with one attached hydrogen (secondary N) is 1. The summed E-state index contributed by atoms with van der Waals surface area (Å²) < 4.78 is 24.6. The van der Waals surface area contributed by atoms with Gasteiger partial charge in [0.15, 0.2) is 6.23 Å². The smallest absolute Gasteiger partial charge is 0.330 e. The highest BCUT2D eigenvalue weighted by Gasteiger charge is 2.17. The van der Waals surface area contributed by atoms with Gasteiger partial charge in [0.25, 0.3) is 11.2 Å². The van der Waals surface area contributed by atoms with Crippen LogP contribution in [-0.2, 0) is 11.3 Å². The maximum absolute atomic E-state index is 13.4. The van der Waals surface area contributed by atoms with Crippen molar-refractivity contribution < 1.29 is 23.9 Å². The van der Waals surface area contributed by atoms with E-state index in [0.29, 0.717) is 6.20 Å².